The Kier molecular flexibility index (Phi) is 3.65. The van der Waals surface area contributed by atoms with Crippen LogP contribution in [-0.2, 0) is 19.4 Å². The van der Waals surface area contributed by atoms with E-state index in [4.69, 9.17) is 5.73 Å². The summed E-state index contributed by atoms with van der Waals surface area (Å²) in [5, 5.41) is 12.0. The second-order valence-corrected chi connectivity index (χ2v) is 6.59. The van der Waals surface area contributed by atoms with Gasteiger partial charge in [0, 0.05) is 31.5 Å². The summed E-state index contributed by atoms with van der Waals surface area (Å²) in [6, 6.07) is 0.304. The molecular weight excluding hydrogens is 292 g/mol. The summed E-state index contributed by atoms with van der Waals surface area (Å²) in [6.07, 6.45) is 9.16. The highest BCUT2D eigenvalue weighted by molar-refractivity contribution is 5.92. The predicted molar refractivity (Wildman–Crippen MR) is 84.9 cm³/mol. The number of H-pyrrole nitrogens is 1. The first-order valence-electron chi connectivity index (χ1n) is 8.32. The van der Waals surface area contributed by atoms with E-state index in [1.807, 2.05) is 4.68 Å². The Bertz CT molecular complexity index is 718. The number of rotatable bonds is 4. The van der Waals surface area contributed by atoms with Crippen LogP contribution in [0.15, 0.2) is 12.4 Å². The zero-order valence-electron chi connectivity index (χ0n) is 13.2. The van der Waals surface area contributed by atoms with Crippen molar-refractivity contribution >= 4 is 5.91 Å². The van der Waals surface area contributed by atoms with Crippen LogP contribution in [0.3, 0.4) is 0 Å². The molecule has 2 aromatic heterocycles. The average molecular weight is 314 g/mol. The van der Waals surface area contributed by atoms with Gasteiger partial charge in [0.2, 0.25) is 0 Å². The van der Waals surface area contributed by atoms with E-state index in [0.29, 0.717) is 11.6 Å². The van der Waals surface area contributed by atoms with Gasteiger partial charge in [-0.1, -0.05) is 0 Å². The highest BCUT2D eigenvalue weighted by Gasteiger charge is 2.27. The van der Waals surface area contributed by atoms with E-state index in [1.54, 1.807) is 12.4 Å². The Morgan fingerprint density at radius 3 is 3.09 bits per heavy atom. The highest BCUT2D eigenvalue weighted by atomic mass is 16.1. The number of aryl methyl sites for hydroxylation is 1. The minimum absolute atomic E-state index is 0.304. The van der Waals surface area contributed by atoms with Gasteiger partial charge in [-0.25, -0.2) is 0 Å². The first kappa shape index (κ1) is 14.4. The molecule has 1 saturated heterocycles. The number of amides is 1. The molecule has 2 aromatic rings. The fourth-order valence-corrected chi connectivity index (χ4v) is 3.73. The lowest BCUT2D eigenvalue weighted by Gasteiger charge is -2.17. The van der Waals surface area contributed by atoms with Crippen LogP contribution in [0.25, 0.3) is 0 Å². The minimum atomic E-state index is -0.422. The summed E-state index contributed by atoms with van der Waals surface area (Å²) in [7, 11) is 0. The van der Waals surface area contributed by atoms with E-state index in [2.05, 4.69) is 20.2 Å². The Morgan fingerprint density at radius 2 is 2.26 bits per heavy atom. The number of nitrogens with two attached hydrogens (primary N) is 1. The molecule has 1 aliphatic heterocycles. The van der Waals surface area contributed by atoms with Crippen molar-refractivity contribution in [3.8, 4) is 0 Å². The lowest BCUT2D eigenvalue weighted by molar-refractivity contribution is 0.1000. The third-order valence-electron chi connectivity index (χ3n) is 5.02. The van der Waals surface area contributed by atoms with E-state index in [0.717, 1.165) is 38.9 Å². The van der Waals surface area contributed by atoms with Crippen molar-refractivity contribution in [2.24, 2.45) is 5.73 Å². The molecule has 0 radical (unpaired) electrons. The van der Waals surface area contributed by atoms with Gasteiger partial charge in [0.1, 0.15) is 0 Å². The second-order valence-electron chi connectivity index (χ2n) is 6.59. The van der Waals surface area contributed by atoms with Crippen LogP contribution in [0.5, 0.6) is 0 Å². The monoisotopic (exact) mass is 314 g/mol. The topological polar surface area (TPSA) is 92.8 Å². The van der Waals surface area contributed by atoms with Crippen LogP contribution in [0.2, 0.25) is 0 Å². The summed E-state index contributed by atoms with van der Waals surface area (Å²) >= 11 is 0. The predicted octanol–water partition coefficient (Wildman–Crippen LogP) is 1.03. The van der Waals surface area contributed by atoms with Crippen molar-refractivity contribution in [1.82, 2.24) is 24.9 Å². The number of primary amides is 1. The molecule has 3 heterocycles. The SMILES string of the molecule is NC(=O)c1cnn(C2CCN(Cc3n[nH]c4c3CCCC4)C2)c1. The summed E-state index contributed by atoms with van der Waals surface area (Å²) in [5.41, 5.74) is 9.75. The van der Waals surface area contributed by atoms with Crippen molar-refractivity contribution in [2.75, 3.05) is 13.1 Å². The molecule has 1 amide bonds. The number of likely N-dealkylation sites (tertiary alicyclic amines) is 1. The van der Waals surface area contributed by atoms with E-state index in [9.17, 15) is 4.79 Å². The van der Waals surface area contributed by atoms with Gasteiger partial charge in [-0.15, -0.1) is 0 Å². The molecule has 0 bridgehead atoms. The maximum Gasteiger partial charge on any atom is 0.251 e. The second kappa shape index (κ2) is 5.81. The van der Waals surface area contributed by atoms with E-state index in [-0.39, 0.29) is 0 Å². The lowest BCUT2D eigenvalue weighted by atomic mass is 9.96. The van der Waals surface area contributed by atoms with Gasteiger partial charge in [-0.3, -0.25) is 19.5 Å². The van der Waals surface area contributed by atoms with Crippen molar-refractivity contribution in [2.45, 2.75) is 44.7 Å². The lowest BCUT2D eigenvalue weighted by Crippen LogP contribution is -2.22. The smallest absolute Gasteiger partial charge is 0.251 e. The molecule has 3 N–H and O–H groups in total. The zero-order chi connectivity index (χ0) is 15.8. The minimum Gasteiger partial charge on any atom is -0.366 e. The van der Waals surface area contributed by atoms with Gasteiger partial charge in [-0.05, 0) is 37.7 Å². The van der Waals surface area contributed by atoms with E-state index in [1.165, 1.54) is 29.8 Å². The molecule has 0 aromatic carbocycles. The molecule has 1 aliphatic carbocycles. The maximum absolute atomic E-state index is 11.2. The number of carbonyl (C=O) groups excluding carboxylic acids is 1. The Morgan fingerprint density at radius 1 is 1.39 bits per heavy atom. The number of aromatic nitrogens is 4. The van der Waals surface area contributed by atoms with Crippen LogP contribution in [0.4, 0.5) is 0 Å². The van der Waals surface area contributed by atoms with Gasteiger partial charge in [0.25, 0.3) is 5.91 Å². The molecular formula is C16H22N6O. The molecule has 7 nitrogen and oxygen atoms in total. The third-order valence-corrected chi connectivity index (χ3v) is 5.02. The Labute approximate surface area is 134 Å². The molecule has 0 saturated carbocycles. The summed E-state index contributed by atoms with van der Waals surface area (Å²) in [4.78, 5) is 13.6. The molecule has 1 atom stereocenters. The van der Waals surface area contributed by atoms with Crippen molar-refractivity contribution < 1.29 is 4.79 Å². The molecule has 23 heavy (non-hydrogen) atoms. The number of fused-ring (bicyclic) bond motifs is 1. The molecule has 0 spiro atoms. The number of aromatic amines is 1. The maximum atomic E-state index is 11.2. The van der Waals surface area contributed by atoms with Crippen molar-refractivity contribution in [3.05, 3.63) is 34.9 Å². The van der Waals surface area contributed by atoms with Gasteiger partial charge < -0.3 is 5.73 Å². The molecule has 1 fully saturated rings. The number of nitrogens with one attached hydrogen (secondary N) is 1. The highest BCUT2D eigenvalue weighted by Crippen LogP contribution is 2.26. The van der Waals surface area contributed by atoms with Crippen LogP contribution in [-0.4, -0.2) is 43.9 Å². The number of hydrogen-bond donors (Lipinski definition) is 2. The fourth-order valence-electron chi connectivity index (χ4n) is 3.73. The van der Waals surface area contributed by atoms with Crippen LogP contribution < -0.4 is 5.73 Å². The number of nitrogens with zero attached hydrogens (tertiary/aromatic N) is 4. The van der Waals surface area contributed by atoms with Crippen LogP contribution in [0.1, 0.15) is 52.6 Å². The fraction of sp³-hybridized carbons (Fsp3) is 0.562. The van der Waals surface area contributed by atoms with Crippen LogP contribution >= 0.6 is 0 Å². The van der Waals surface area contributed by atoms with Crippen molar-refractivity contribution in [1.29, 1.82) is 0 Å². The molecule has 4 rings (SSSR count). The third kappa shape index (κ3) is 2.76. The zero-order valence-corrected chi connectivity index (χ0v) is 13.2. The summed E-state index contributed by atoms with van der Waals surface area (Å²) in [6.45, 7) is 2.85. The largest absolute Gasteiger partial charge is 0.366 e. The molecule has 7 heteroatoms. The number of carbonyl (C=O) groups is 1. The van der Waals surface area contributed by atoms with Gasteiger partial charge in [0.05, 0.1) is 23.5 Å². The normalized spacial score (nSPS) is 21.5. The summed E-state index contributed by atoms with van der Waals surface area (Å²) < 4.78 is 1.88. The van der Waals surface area contributed by atoms with E-state index >= 15 is 0 Å². The molecule has 122 valence electrons. The first-order chi connectivity index (χ1) is 11.2. The number of hydrogen-bond acceptors (Lipinski definition) is 4. The Hall–Kier alpha value is -2.15. The van der Waals surface area contributed by atoms with Crippen LogP contribution in [0, 0.1) is 0 Å². The molecule has 1 unspecified atom stereocenters. The van der Waals surface area contributed by atoms with Gasteiger partial charge >= 0.3 is 0 Å². The van der Waals surface area contributed by atoms with Crippen molar-refractivity contribution in [3.63, 3.8) is 0 Å². The van der Waals surface area contributed by atoms with E-state index < -0.39 is 5.91 Å². The van der Waals surface area contributed by atoms with Gasteiger partial charge in [-0.2, -0.15) is 10.2 Å². The summed E-state index contributed by atoms with van der Waals surface area (Å²) in [5.74, 6) is -0.422. The Balaban J connectivity index is 1.42. The quantitative estimate of drug-likeness (QED) is 0.881. The molecule has 2 aliphatic rings. The standard InChI is InChI=1S/C16H22N6O/c17-16(23)11-7-18-22(8-11)12-5-6-21(9-12)10-15-13-3-1-2-4-14(13)19-20-15/h7-8,12H,1-6,9-10H2,(H2,17,23)(H,19,20). The van der Waals surface area contributed by atoms with Gasteiger partial charge in [0.15, 0.2) is 0 Å². The first-order valence-corrected chi connectivity index (χ1v) is 8.32. The average Bonchev–Trinajstić information content (AvgIpc) is 3.26.